The maximum absolute atomic E-state index is 11.2. The number of hydrogen-bond donors (Lipinski definition) is 2. The molecule has 2 aromatic carbocycles. The number of nitriles is 1. The van der Waals surface area contributed by atoms with E-state index in [1.165, 1.54) is 11.3 Å². The SMILES string of the molecule is N#Cc1cccc2scc(-c3c(NS(=O)[O-])[nH]c4ccccc34)c12. The molecule has 2 heterocycles. The molecule has 2 N–H and O–H groups in total. The summed E-state index contributed by atoms with van der Waals surface area (Å²) in [4.78, 5) is 3.10. The molecule has 2 aromatic heterocycles. The van der Waals surface area contributed by atoms with E-state index in [1.54, 1.807) is 6.07 Å². The monoisotopic (exact) mass is 352 g/mol. The van der Waals surface area contributed by atoms with Crippen LogP contribution >= 0.6 is 11.3 Å². The van der Waals surface area contributed by atoms with E-state index in [9.17, 15) is 14.0 Å². The highest BCUT2D eigenvalue weighted by Crippen LogP contribution is 2.43. The van der Waals surface area contributed by atoms with Crippen molar-refractivity contribution in [2.75, 3.05) is 4.72 Å². The molecular formula is C17H10N3O2S2-. The van der Waals surface area contributed by atoms with Crippen LogP contribution < -0.4 is 4.72 Å². The van der Waals surface area contributed by atoms with Crippen molar-refractivity contribution in [3.63, 3.8) is 0 Å². The molecule has 0 bridgehead atoms. The number of hydrogen-bond acceptors (Lipinski definition) is 4. The molecule has 0 saturated heterocycles. The normalized spacial score (nSPS) is 12.3. The number of nitrogens with zero attached hydrogens (tertiary/aromatic N) is 1. The van der Waals surface area contributed by atoms with Gasteiger partial charge in [-0.05, 0) is 18.2 Å². The second-order valence-electron chi connectivity index (χ2n) is 5.20. The van der Waals surface area contributed by atoms with Crippen molar-refractivity contribution in [2.24, 2.45) is 0 Å². The van der Waals surface area contributed by atoms with Crippen molar-refractivity contribution in [3.05, 3.63) is 53.4 Å². The van der Waals surface area contributed by atoms with E-state index >= 15 is 0 Å². The predicted molar refractivity (Wildman–Crippen MR) is 96.4 cm³/mol. The van der Waals surface area contributed by atoms with Crippen LogP contribution in [0.4, 0.5) is 5.82 Å². The molecule has 1 unspecified atom stereocenters. The first kappa shape index (κ1) is 14.9. The number of fused-ring (bicyclic) bond motifs is 2. The van der Waals surface area contributed by atoms with Crippen LogP contribution in [0.25, 0.3) is 32.1 Å². The molecule has 0 aliphatic carbocycles. The number of H-pyrrole nitrogens is 1. The van der Waals surface area contributed by atoms with E-state index in [0.717, 1.165) is 32.1 Å². The van der Waals surface area contributed by atoms with Crippen molar-refractivity contribution in [1.82, 2.24) is 4.98 Å². The summed E-state index contributed by atoms with van der Waals surface area (Å²) in [6, 6.07) is 15.4. The van der Waals surface area contributed by atoms with Crippen LogP contribution in [-0.2, 0) is 11.3 Å². The van der Waals surface area contributed by atoms with Crippen LogP contribution in [0.2, 0.25) is 0 Å². The molecular weight excluding hydrogens is 342 g/mol. The third kappa shape index (κ3) is 2.29. The van der Waals surface area contributed by atoms with Crippen LogP contribution in [0, 0.1) is 11.3 Å². The highest BCUT2D eigenvalue weighted by atomic mass is 32.2. The summed E-state index contributed by atoms with van der Waals surface area (Å²) in [5.74, 6) is 0.400. The average Bonchev–Trinajstić information content (AvgIpc) is 3.14. The first-order valence-corrected chi connectivity index (χ1v) is 9.02. The van der Waals surface area contributed by atoms with Crippen LogP contribution in [0.1, 0.15) is 5.56 Å². The number of para-hydroxylation sites is 1. The first-order valence-electron chi connectivity index (χ1n) is 7.06. The minimum Gasteiger partial charge on any atom is -0.755 e. The van der Waals surface area contributed by atoms with E-state index in [-0.39, 0.29) is 0 Å². The van der Waals surface area contributed by atoms with Crippen molar-refractivity contribution in [3.8, 4) is 17.2 Å². The van der Waals surface area contributed by atoms with Crippen LogP contribution in [0.5, 0.6) is 0 Å². The number of nitrogens with one attached hydrogen (secondary N) is 2. The van der Waals surface area contributed by atoms with Crippen molar-refractivity contribution >= 4 is 49.4 Å². The van der Waals surface area contributed by atoms with Gasteiger partial charge in [-0.15, -0.1) is 11.3 Å². The molecule has 7 heteroatoms. The summed E-state index contributed by atoms with van der Waals surface area (Å²) < 4.78 is 25.8. The van der Waals surface area contributed by atoms with Gasteiger partial charge in [-0.3, -0.25) is 4.21 Å². The van der Waals surface area contributed by atoms with Gasteiger partial charge < -0.3 is 14.3 Å². The second kappa shape index (κ2) is 5.76. The first-order chi connectivity index (χ1) is 11.7. The molecule has 0 radical (unpaired) electrons. The Kier molecular flexibility index (Phi) is 3.58. The zero-order valence-electron chi connectivity index (χ0n) is 12.2. The summed E-state index contributed by atoms with van der Waals surface area (Å²) in [5, 5.41) is 13.1. The van der Waals surface area contributed by atoms with Gasteiger partial charge in [0.15, 0.2) is 0 Å². The zero-order chi connectivity index (χ0) is 16.7. The fourth-order valence-corrected chi connectivity index (χ4v) is 4.24. The second-order valence-corrected chi connectivity index (χ2v) is 6.78. The van der Waals surface area contributed by atoms with Gasteiger partial charge in [-0.1, -0.05) is 24.3 Å². The number of aromatic amines is 1. The van der Waals surface area contributed by atoms with Crippen molar-refractivity contribution in [1.29, 1.82) is 5.26 Å². The van der Waals surface area contributed by atoms with Gasteiger partial charge in [0.2, 0.25) is 0 Å². The van der Waals surface area contributed by atoms with Crippen molar-refractivity contribution in [2.45, 2.75) is 0 Å². The number of benzene rings is 2. The maximum Gasteiger partial charge on any atom is 0.123 e. The fraction of sp³-hybridized carbons (Fsp3) is 0. The lowest BCUT2D eigenvalue weighted by atomic mass is 10.00. The molecule has 24 heavy (non-hydrogen) atoms. The van der Waals surface area contributed by atoms with E-state index in [1.807, 2.05) is 41.8 Å². The molecule has 0 spiro atoms. The quantitative estimate of drug-likeness (QED) is 0.543. The molecule has 0 amide bonds. The van der Waals surface area contributed by atoms with E-state index in [0.29, 0.717) is 11.4 Å². The minimum atomic E-state index is -2.45. The summed E-state index contributed by atoms with van der Waals surface area (Å²) in [6.07, 6.45) is 0. The van der Waals surface area contributed by atoms with Gasteiger partial charge in [-0.25, -0.2) is 0 Å². The van der Waals surface area contributed by atoms with E-state index in [2.05, 4.69) is 15.8 Å². The molecule has 5 nitrogen and oxygen atoms in total. The Labute approximate surface area is 144 Å². The van der Waals surface area contributed by atoms with E-state index < -0.39 is 11.3 Å². The molecule has 0 aliphatic heterocycles. The largest absolute Gasteiger partial charge is 0.755 e. The standard InChI is InChI=1S/C17H11N3O2S2/c18-8-10-4-3-7-14-15(10)12(9-23-14)16-11-5-1-2-6-13(11)19-17(16)20-24(21)22/h1-7,9,19-20H,(H,21,22)/p-1. The van der Waals surface area contributed by atoms with Gasteiger partial charge >= 0.3 is 0 Å². The van der Waals surface area contributed by atoms with Gasteiger partial charge in [-0.2, -0.15) is 5.26 Å². The summed E-state index contributed by atoms with van der Waals surface area (Å²) in [6.45, 7) is 0. The van der Waals surface area contributed by atoms with Crippen LogP contribution in [0.3, 0.4) is 0 Å². The maximum atomic E-state index is 11.2. The van der Waals surface area contributed by atoms with Gasteiger partial charge in [0.05, 0.1) is 11.6 Å². The molecule has 4 rings (SSSR count). The Bertz CT molecular complexity index is 1140. The number of aromatic nitrogens is 1. The van der Waals surface area contributed by atoms with Crippen LogP contribution in [-0.4, -0.2) is 13.7 Å². The van der Waals surface area contributed by atoms with Gasteiger partial charge in [0.1, 0.15) is 5.82 Å². The lowest BCUT2D eigenvalue weighted by Crippen LogP contribution is -2.03. The Hall–Kier alpha value is -2.66. The Balaban J connectivity index is 2.10. The van der Waals surface area contributed by atoms with Crippen molar-refractivity contribution < 1.29 is 8.76 Å². The summed E-state index contributed by atoms with van der Waals surface area (Å²) in [7, 11) is 0. The smallest absolute Gasteiger partial charge is 0.123 e. The number of anilines is 1. The molecule has 118 valence electrons. The lowest BCUT2D eigenvalue weighted by molar-refractivity contribution is 0.542. The summed E-state index contributed by atoms with van der Waals surface area (Å²) in [5.41, 5.74) is 3.00. The highest BCUT2D eigenvalue weighted by Gasteiger charge is 2.18. The van der Waals surface area contributed by atoms with Crippen LogP contribution in [0.15, 0.2) is 47.8 Å². The topological polar surface area (TPSA) is 91.7 Å². The molecule has 4 aromatic rings. The van der Waals surface area contributed by atoms with E-state index in [4.69, 9.17) is 0 Å². The highest BCUT2D eigenvalue weighted by molar-refractivity contribution is 7.80. The zero-order valence-corrected chi connectivity index (χ0v) is 13.8. The van der Waals surface area contributed by atoms with Gasteiger partial charge in [0.25, 0.3) is 0 Å². The summed E-state index contributed by atoms with van der Waals surface area (Å²) >= 11 is -0.918. The molecule has 0 saturated carbocycles. The Morgan fingerprint density at radius 1 is 1.21 bits per heavy atom. The molecule has 0 aliphatic rings. The number of rotatable bonds is 3. The third-order valence-corrected chi connectivity index (χ3v) is 5.20. The lowest BCUT2D eigenvalue weighted by Gasteiger charge is -2.09. The Morgan fingerprint density at radius 2 is 2.04 bits per heavy atom. The Morgan fingerprint density at radius 3 is 2.83 bits per heavy atom. The number of thiophene rings is 1. The average molecular weight is 352 g/mol. The molecule has 0 fully saturated rings. The molecule has 1 atom stereocenters. The third-order valence-electron chi connectivity index (χ3n) is 3.88. The predicted octanol–water partition coefficient (Wildman–Crippen LogP) is 4.13. The minimum absolute atomic E-state index is 0.400. The fourth-order valence-electron chi connectivity index (χ4n) is 2.95. The van der Waals surface area contributed by atoms with Gasteiger partial charge in [0, 0.05) is 48.8 Å².